The Morgan fingerprint density at radius 3 is 2.31 bits per heavy atom. The zero-order valence-electron chi connectivity index (χ0n) is 21.4. The van der Waals surface area contributed by atoms with E-state index in [0.717, 1.165) is 5.56 Å². The van der Waals surface area contributed by atoms with Crippen LogP contribution in [0.25, 0.3) is 0 Å². The molecule has 35 heavy (non-hydrogen) atoms. The molecule has 0 fully saturated rings. The molecule has 1 aromatic rings. The highest BCUT2D eigenvalue weighted by Gasteiger charge is 2.22. The van der Waals surface area contributed by atoms with Gasteiger partial charge in [0, 0.05) is 25.9 Å². The van der Waals surface area contributed by atoms with Crippen molar-refractivity contribution in [2.75, 3.05) is 20.2 Å². The van der Waals surface area contributed by atoms with Crippen LogP contribution in [0.1, 0.15) is 65.4 Å². The fraction of sp³-hybridized carbons (Fsp3) is 0.600. The molecular weight excluding hydrogens is 454 g/mol. The second-order valence-electron chi connectivity index (χ2n) is 9.14. The zero-order valence-corrected chi connectivity index (χ0v) is 21.4. The van der Waals surface area contributed by atoms with Crippen LogP contribution < -0.4 is 10.7 Å². The highest BCUT2D eigenvalue weighted by Crippen LogP contribution is 2.12. The first-order chi connectivity index (χ1) is 16.5. The number of alkyl carbamates (subject to hydrolysis) is 1. The van der Waals surface area contributed by atoms with Gasteiger partial charge in [-0.1, -0.05) is 36.8 Å². The Bertz CT molecular complexity index is 809. The molecule has 0 unspecified atom stereocenters. The maximum Gasteiger partial charge on any atom is 0.407 e. The van der Waals surface area contributed by atoms with Crippen LogP contribution in [0.15, 0.2) is 30.3 Å². The third-order valence-electron chi connectivity index (χ3n) is 4.57. The monoisotopic (exact) mass is 493 g/mol. The summed E-state index contributed by atoms with van der Waals surface area (Å²) in [6, 6.07) is 8.91. The Balaban J connectivity index is 2.51. The van der Waals surface area contributed by atoms with Gasteiger partial charge in [-0.25, -0.2) is 9.80 Å². The minimum atomic E-state index is -0.681. The maximum atomic E-state index is 12.5. The van der Waals surface area contributed by atoms with E-state index in [1.807, 2.05) is 30.3 Å². The molecule has 1 aromatic carbocycles. The van der Waals surface area contributed by atoms with Crippen molar-refractivity contribution in [3.8, 4) is 0 Å². The summed E-state index contributed by atoms with van der Waals surface area (Å²) in [4.78, 5) is 48.3. The fourth-order valence-electron chi connectivity index (χ4n) is 3.09. The number of rotatable bonds is 14. The number of likely N-dealkylation sites (N-methyl/N-ethyl adjacent to an activating group) is 1. The van der Waals surface area contributed by atoms with Gasteiger partial charge in [0.2, 0.25) is 5.91 Å². The van der Waals surface area contributed by atoms with Crippen LogP contribution in [0.2, 0.25) is 0 Å². The number of amides is 2. The third kappa shape index (κ3) is 15.4. The van der Waals surface area contributed by atoms with Crippen LogP contribution >= 0.6 is 0 Å². The smallest absolute Gasteiger partial charge is 0.407 e. The van der Waals surface area contributed by atoms with Gasteiger partial charge in [0.25, 0.3) is 0 Å². The fourth-order valence-corrected chi connectivity index (χ4v) is 3.09. The Kier molecular flexibility index (Phi) is 13.4. The van der Waals surface area contributed by atoms with E-state index in [-0.39, 0.29) is 44.5 Å². The molecule has 0 aliphatic carbocycles. The van der Waals surface area contributed by atoms with E-state index in [0.29, 0.717) is 19.3 Å². The van der Waals surface area contributed by atoms with E-state index >= 15 is 0 Å². The molecule has 196 valence electrons. The Labute approximate surface area is 207 Å². The number of esters is 2. The van der Waals surface area contributed by atoms with Gasteiger partial charge in [0.1, 0.15) is 18.8 Å². The summed E-state index contributed by atoms with van der Waals surface area (Å²) >= 11 is 0. The van der Waals surface area contributed by atoms with Crippen LogP contribution in [0.3, 0.4) is 0 Å². The van der Waals surface area contributed by atoms with Crippen molar-refractivity contribution < 1.29 is 33.4 Å². The zero-order chi connectivity index (χ0) is 26.3. The average molecular weight is 494 g/mol. The van der Waals surface area contributed by atoms with Gasteiger partial charge in [-0.3, -0.25) is 19.8 Å². The number of carbonyl (C=O) groups excluding carboxylic acids is 4. The van der Waals surface area contributed by atoms with Gasteiger partial charge in [-0.15, -0.1) is 0 Å². The first-order valence-corrected chi connectivity index (χ1v) is 11.8. The van der Waals surface area contributed by atoms with E-state index in [1.165, 1.54) is 5.01 Å². The molecule has 2 N–H and O–H groups in total. The molecule has 1 atom stereocenters. The summed E-state index contributed by atoms with van der Waals surface area (Å²) < 4.78 is 15.4. The lowest BCUT2D eigenvalue weighted by atomic mass is 10.0. The van der Waals surface area contributed by atoms with Gasteiger partial charge < -0.3 is 19.5 Å². The van der Waals surface area contributed by atoms with Crippen molar-refractivity contribution in [1.82, 2.24) is 15.8 Å². The Hall–Kier alpha value is -3.14. The van der Waals surface area contributed by atoms with Crippen molar-refractivity contribution in [3.63, 3.8) is 0 Å². The van der Waals surface area contributed by atoms with Crippen molar-refractivity contribution in [1.29, 1.82) is 0 Å². The number of benzene rings is 1. The minimum Gasteiger partial charge on any atom is -0.465 e. The van der Waals surface area contributed by atoms with Crippen molar-refractivity contribution in [2.24, 2.45) is 0 Å². The SMILES string of the molecule is CCOC(=O)CN(C)NC(=O)C[C@H](CCCCC(=O)OCc1ccccc1)NC(=O)OC(C)(C)C. The van der Waals surface area contributed by atoms with E-state index in [4.69, 9.17) is 14.2 Å². The largest absolute Gasteiger partial charge is 0.465 e. The van der Waals surface area contributed by atoms with Gasteiger partial charge in [0.05, 0.1) is 6.61 Å². The Morgan fingerprint density at radius 1 is 1.00 bits per heavy atom. The summed E-state index contributed by atoms with van der Waals surface area (Å²) in [5.41, 5.74) is 2.83. The lowest BCUT2D eigenvalue weighted by Crippen LogP contribution is -2.46. The first kappa shape index (κ1) is 29.9. The van der Waals surface area contributed by atoms with Gasteiger partial charge in [-0.2, -0.15) is 0 Å². The van der Waals surface area contributed by atoms with Gasteiger partial charge in [0.15, 0.2) is 0 Å². The topological polar surface area (TPSA) is 123 Å². The van der Waals surface area contributed by atoms with Crippen LogP contribution in [-0.2, 0) is 35.2 Å². The molecule has 2 amide bonds. The van der Waals surface area contributed by atoms with E-state index in [2.05, 4.69) is 10.7 Å². The predicted molar refractivity (Wildman–Crippen MR) is 130 cm³/mol. The minimum absolute atomic E-state index is 0.0230. The first-order valence-electron chi connectivity index (χ1n) is 11.8. The molecule has 0 aliphatic heterocycles. The number of hydrogen-bond acceptors (Lipinski definition) is 8. The highest BCUT2D eigenvalue weighted by molar-refractivity contribution is 5.78. The number of hydrazine groups is 1. The highest BCUT2D eigenvalue weighted by atomic mass is 16.6. The Morgan fingerprint density at radius 2 is 1.69 bits per heavy atom. The van der Waals surface area contributed by atoms with Crippen LogP contribution in [0.5, 0.6) is 0 Å². The molecule has 10 nitrogen and oxygen atoms in total. The summed E-state index contributed by atoms with van der Waals surface area (Å²) in [5, 5.41) is 4.05. The molecule has 1 rings (SSSR count). The number of nitrogens with one attached hydrogen (secondary N) is 2. The van der Waals surface area contributed by atoms with E-state index in [1.54, 1.807) is 34.7 Å². The van der Waals surface area contributed by atoms with Gasteiger partial charge >= 0.3 is 18.0 Å². The number of carbonyl (C=O) groups is 4. The number of nitrogens with zero attached hydrogens (tertiary/aromatic N) is 1. The summed E-state index contributed by atoms with van der Waals surface area (Å²) in [7, 11) is 1.55. The van der Waals surface area contributed by atoms with E-state index in [9.17, 15) is 19.2 Å². The molecule has 0 saturated carbocycles. The van der Waals surface area contributed by atoms with Gasteiger partial charge in [-0.05, 0) is 46.1 Å². The second-order valence-corrected chi connectivity index (χ2v) is 9.14. The lowest BCUT2D eigenvalue weighted by Gasteiger charge is -2.24. The number of unbranched alkanes of at least 4 members (excludes halogenated alkanes) is 1. The molecule has 0 bridgehead atoms. The normalized spacial score (nSPS) is 11.9. The average Bonchev–Trinajstić information content (AvgIpc) is 2.74. The number of ether oxygens (including phenoxy) is 3. The standard InChI is InChI=1S/C25H39N3O7/c1-6-33-23(31)17-28(5)27-21(29)16-20(26-24(32)35-25(2,3)4)14-10-11-15-22(30)34-18-19-12-8-7-9-13-19/h7-9,12-13,20H,6,10-11,14-18H2,1-5H3,(H,26,32)(H,27,29)/t20-/m0/s1. The van der Waals surface area contributed by atoms with Crippen LogP contribution in [0.4, 0.5) is 4.79 Å². The third-order valence-corrected chi connectivity index (χ3v) is 4.57. The molecular formula is C25H39N3O7. The quantitative estimate of drug-likeness (QED) is 0.175. The summed E-state index contributed by atoms with van der Waals surface area (Å²) in [6.45, 7) is 7.32. The maximum absolute atomic E-state index is 12.5. The van der Waals surface area contributed by atoms with Crippen molar-refractivity contribution in [3.05, 3.63) is 35.9 Å². The predicted octanol–water partition coefficient (Wildman–Crippen LogP) is 3.10. The lowest BCUT2D eigenvalue weighted by molar-refractivity contribution is -0.146. The molecule has 10 heteroatoms. The summed E-state index contributed by atoms with van der Waals surface area (Å²) in [6.07, 6.45) is 1.18. The van der Waals surface area contributed by atoms with Crippen molar-refractivity contribution >= 4 is 23.9 Å². The van der Waals surface area contributed by atoms with Crippen molar-refractivity contribution in [2.45, 2.75) is 78.0 Å². The van der Waals surface area contributed by atoms with E-state index < -0.39 is 23.7 Å². The molecule has 0 heterocycles. The second kappa shape index (κ2) is 15.7. The van der Waals surface area contributed by atoms with Crippen LogP contribution in [-0.4, -0.2) is 60.8 Å². The molecule has 0 spiro atoms. The molecule has 0 aliphatic rings. The molecule has 0 saturated heterocycles. The summed E-state index contributed by atoms with van der Waals surface area (Å²) in [5.74, 6) is -1.14. The van der Waals surface area contributed by atoms with Crippen LogP contribution in [0, 0.1) is 0 Å². The number of hydrogen-bond donors (Lipinski definition) is 2. The molecule has 0 radical (unpaired) electrons. The molecule has 0 aromatic heterocycles.